The predicted molar refractivity (Wildman–Crippen MR) is 104 cm³/mol. The van der Waals surface area contributed by atoms with E-state index < -0.39 is 23.8 Å². The number of anilines is 1. The molecule has 2 N–H and O–H groups in total. The summed E-state index contributed by atoms with van der Waals surface area (Å²) in [5.41, 5.74) is 1.58. The van der Waals surface area contributed by atoms with Gasteiger partial charge in [0.05, 0.1) is 31.0 Å². The van der Waals surface area contributed by atoms with Gasteiger partial charge in [-0.1, -0.05) is 42.5 Å². The van der Waals surface area contributed by atoms with Crippen LogP contribution in [0.5, 0.6) is 0 Å². The molecule has 3 rings (SSSR count). The van der Waals surface area contributed by atoms with E-state index in [1.807, 2.05) is 44.2 Å². The standard InChI is InChI=1S/C21H24N2O5/c1-21(2)27-13-17(18(28-21)14-9-5-4-6-10-14)23-20(25)22-16-12-8-7-11-15(16)19(24)26-3/h4-12,17-18H,13H2,1-3H3,(H2,22,23,25). The second-order valence-corrected chi connectivity index (χ2v) is 6.90. The first-order valence-corrected chi connectivity index (χ1v) is 9.01. The molecule has 0 bridgehead atoms. The molecule has 1 fully saturated rings. The Morgan fingerprint density at radius 1 is 1.07 bits per heavy atom. The minimum atomic E-state index is -0.757. The summed E-state index contributed by atoms with van der Waals surface area (Å²) in [4.78, 5) is 24.5. The van der Waals surface area contributed by atoms with Crippen LogP contribution in [0.15, 0.2) is 54.6 Å². The minimum absolute atomic E-state index is 0.275. The van der Waals surface area contributed by atoms with Gasteiger partial charge in [-0.25, -0.2) is 9.59 Å². The molecule has 7 heteroatoms. The molecule has 0 radical (unpaired) electrons. The van der Waals surface area contributed by atoms with Gasteiger partial charge in [0.15, 0.2) is 5.79 Å². The van der Waals surface area contributed by atoms with Crippen molar-refractivity contribution < 1.29 is 23.8 Å². The Morgan fingerprint density at radius 3 is 2.46 bits per heavy atom. The zero-order valence-electron chi connectivity index (χ0n) is 16.1. The molecule has 0 saturated carbocycles. The van der Waals surface area contributed by atoms with Gasteiger partial charge in [0.2, 0.25) is 0 Å². The maximum atomic E-state index is 12.6. The highest BCUT2D eigenvalue weighted by Crippen LogP contribution is 2.33. The van der Waals surface area contributed by atoms with Crippen molar-refractivity contribution in [2.24, 2.45) is 0 Å². The number of urea groups is 1. The van der Waals surface area contributed by atoms with E-state index in [-0.39, 0.29) is 11.7 Å². The van der Waals surface area contributed by atoms with Crippen LogP contribution in [-0.4, -0.2) is 37.5 Å². The predicted octanol–water partition coefficient (Wildman–Crippen LogP) is 3.49. The van der Waals surface area contributed by atoms with Crippen molar-refractivity contribution in [1.29, 1.82) is 0 Å². The first kappa shape index (κ1) is 19.9. The smallest absolute Gasteiger partial charge is 0.339 e. The van der Waals surface area contributed by atoms with Crippen molar-refractivity contribution in [3.05, 3.63) is 65.7 Å². The highest BCUT2D eigenvalue weighted by atomic mass is 16.7. The lowest BCUT2D eigenvalue weighted by molar-refractivity contribution is -0.284. The summed E-state index contributed by atoms with van der Waals surface area (Å²) >= 11 is 0. The molecular weight excluding hydrogens is 360 g/mol. The van der Waals surface area contributed by atoms with Crippen molar-refractivity contribution in [3.8, 4) is 0 Å². The number of carbonyl (C=O) groups is 2. The number of para-hydroxylation sites is 1. The van der Waals surface area contributed by atoms with E-state index in [9.17, 15) is 9.59 Å². The molecule has 7 nitrogen and oxygen atoms in total. The topological polar surface area (TPSA) is 85.9 Å². The van der Waals surface area contributed by atoms with Crippen molar-refractivity contribution in [3.63, 3.8) is 0 Å². The third kappa shape index (κ3) is 4.68. The Kier molecular flexibility index (Phi) is 5.96. The average Bonchev–Trinajstić information content (AvgIpc) is 2.69. The van der Waals surface area contributed by atoms with E-state index in [0.29, 0.717) is 12.3 Å². The first-order chi connectivity index (χ1) is 13.4. The third-order valence-corrected chi connectivity index (χ3v) is 4.41. The summed E-state index contributed by atoms with van der Waals surface area (Å²) in [7, 11) is 1.29. The molecule has 28 heavy (non-hydrogen) atoms. The second-order valence-electron chi connectivity index (χ2n) is 6.90. The zero-order valence-corrected chi connectivity index (χ0v) is 16.1. The largest absolute Gasteiger partial charge is 0.465 e. The fourth-order valence-corrected chi connectivity index (χ4v) is 3.07. The third-order valence-electron chi connectivity index (χ3n) is 4.41. The van der Waals surface area contributed by atoms with Gasteiger partial charge >= 0.3 is 12.0 Å². The molecule has 2 aromatic rings. The molecule has 1 saturated heterocycles. The monoisotopic (exact) mass is 384 g/mol. The fraction of sp³-hybridized carbons (Fsp3) is 0.333. The lowest BCUT2D eigenvalue weighted by Crippen LogP contribution is -2.52. The number of ether oxygens (including phenoxy) is 3. The number of carbonyl (C=O) groups excluding carboxylic acids is 2. The van der Waals surface area contributed by atoms with Gasteiger partial charge in [0, 0.05) is 0 Å². The maximum Gasteiger partial charge on any atom is 0.339 e. The minimum Gasteiger partial charge on any atom is -0.465 e. The van der Waals surface area contributed by atoms with E-state index in [1.165, 1.54) is 7.11 Å². The van der Waals surface area contributed by atoms with Gasteiger partial charge < -0.3 is 24.8 Å². The zero-order chi connectivity index (χ0) is 20.1. The maximum absolute atomic E-state index is 12.6. The van der Waals surface area contributed by atoms with Crippen LogP contribution in [0.2, 0.25) is 0 Å². The SMILES string of the molecule is COC(=O)c1ccccc1NC(=O)NC1COC(C)(C)OC1c1ccccc1. The Balaban J connectivity index is 1.75. The van der Waals surface area contributed by atoms with E-state index in [0.717, 1.165) is 5.56 Å². The van der Waals surface area contributed by atoms with Crippen LogP contribution in [0.25, 0.3) is 0 Å². The molecule has 1 aliphatic heterocycles. The van der Waals surface area contributed by atoms with E-state index in [2.05, 4.69) is 10.6 Å². The molecule has 2 unspecified atom stereocenters. The Labute approximate surface area is 164 Å². The number of nitrogens with one attached hydrogen (secondary N) is 2. The molecule has 2 amide bonds. The van der Waals surface area contributed by atoms with Crippen LogP contribution < -0.4 is 10.6 Å². The Bertz CT molecular complexity index is 838. The summed E-state index contributed by atoms with van der Waals surface area (Å²) in [6.45, 7) is 3.97. The number of esters is 1. The normalized spacial score (nSPS) is 20.8. The van der Waals surface area contributed by atoms with Crippen LogP contribution in [0, 0.1) is 0 Å². The van der Waals surface area contributed by atoms with Gasteiger partial charge in [-0.3, -0.25) is 0 Å². The number of amides is 2. The Hall–Kier alpha value is -2.90. The molecule has 2 atom stereocenters. The number of rotatable bonds is 4. The average molecular weight is 384 g/mol. The molecular formula is C21H24N2O5. The van der Waals surface area contributed by atoms with Crippen LogP contribution >= 0.6 is 0 Å². The number of hydrogen-bond donors (Lipinski definition) is 2. The van der Waals surface area contributed by atoms with Gasteiger partial charge in [-0.05, 0) is 31.5 Å². The summed E-state index contributed by atoms with van der Waals surface area (Å²) < 4.78 is 16.5. The second kappa shape index (κ2) is 8.41. The van der Waals surface area contributed by atoms with Gasteiger partial charge in [0.25, 0.3) is 0 Å². The highest BCUT2D eigenvalue weighted by Gasteiger charge is 2.38. The summed E-state index contributed by atoms with van der Waals surface area (Å²) in [6, 6.07) is 15.4. The van der Waals surface area contributed by atoms with Crippen LogP contribution in [-0.2, 0) is 14.2 Å². The highest BCUT2D eigenvalue weighted by molar-refractivity contribution is 6.00. The van der Waals surface area contributed by atoms with Crippen molar-refractivity contribution >= 4 is 17.7 Å². The van der Waals surface area contributed by atoms with E-state index in [1.54, 1.807) is 24.3 Å². The summed E-state index contributed by atoms with van der Waals surface area (Å²) in [6.07, 6.45) is -0.369. The lowest BCUT2D eigenvalue weighted by Gasteiger charge is -2.41. The van der Waals surface area contributed by atoms with Gasteiger partial charge in [-0.2, -0.15) is 0 Å². The van der Waals surface area contributed by atoms with Crippen LogP contribution in [0.3, 0.4) is 0 Å². The van der Waals surface area contributed by atoms with Gasteiger partial charge in [0.1, 0.15) is 6.10 Å². The van der Waals surface area contributed by atoms with Crippen LogP contribution in [0.1, 0.15) is 35.9 Å². The first-order valence-electron chi connectivity index (χ1n) is 9.01. The number of benzene rings is 2. The van der Waals surface area contributed by atoms with Gasteiger partial charge in [-0.15, -0.1) is 0 Å². The van der Waals surface area contributed by atoms with Crippen molar-refractivity contribution in [2.75, 3.05) is 19.0 Å². The summed E-state index contributed by atoms with van der Waals surface area (Å²) in [5.74, 6) is -1.28. The van der Waals surface area contributed by atoms with Crippen LogP contribution in [0.4, 0.5) is 10.5 Å². The molecule has 0 aliphatic carbocycles. The lowest BCUT2D eigenvalue weighted by atomic mass is 10.0. The van der Waals surface area contributed by atoms with Crippen molar-refractivity contribution in [2.45, 2.75) is 31.8 Å². The fourth-order valence-electron chi connectivity index (χ4n) is 3.07. The number of hydrogen-bond acceptors (Lipinski definition) is 5. The molecule has 0 spiro atoms. The van der Waals surface area contributed by atoms with E-state index in [4.69, 9.17) is 14.2 Å². The Morgan fingerprint density at radius 2 is 1.75 bits per heavy atom. The van der Waals surface area contributed by atoms with E-state index >= 15 is 0 Å². The van der Waals surface area contributed by atoms with Crippen molar-refractivity contribution in [1.82, 2.24) is 5.32 Å². The number of methoxy groups -OCH3 is 1. The molecule has 2 aromatic carbocycles. The summed E-state index contributed by atoms with van der Waals surface area (Å²) in [5, 5.41) is 5.59. The molecule has 148 valence electrons. The molecule has 1 aliphatic rings. The molecule has 1 heterocycles. The molecule has 0 aromatic heterocycles. The quantitative estimate of drug-likeness (QED) is 0.788.